The molecule has 0 bridgehead atoms. The fourth-order valence-electron chi connectivity index (χ4n) is 5.58. The number of hydrazine groups is 1. The average Bonchev–Trinajstić information content (AvgIpc) is 3.54. The molecule has 1 amide bonds. The maximum absolute atomic E-state index is 12.8. The molecule has 2 atom stereocenters. The van der Waals surface area contributed by atoms with Gasteiger partial charge in [-0.25, -0.2) is 5.01 Å². The van der Waals surface area contributed by atoms with Crippen molar-refractivity contribution < 1.29 is 4.79 Å². The minimum Gasteiger partial charge on any atom is -0.285 e. The van der Waals surface area contributed by atoms with Crippen molar-refractivity contribution in [2.75, 3.05) is 32.7 Å². The number of unbranched alkanes of at least 4 members (excludes halogenated alkanes) is 1. The molecule has 2 aliphatic rings. The largest absolute Gasteiger partial charge is 0.285 e. The van der Waals surface area contributed by atoms with Gasteiger partial charge in [-0.2, -0.15) is 0 Å². The monoisotopic (exact) mass is 474 g/mol. The number of benzene rings is 2. The van der Waals surface area contributed by atoms with E-state index in [-0.39, 0.29) is 11.9 Å². The molecule has 2 fully saturated rings. The topological polar surface area (TPSA) is 38.8 Å². The summed E-state index contributed by atoms with van der Waals surface area (Å²) in [4.78, 5) is 18.0. The van der Waals surface area contributed by atoms with E-state index in [2.05, 4.69) is 72.1 Å². The van der Waals surface area contributed by atoms with E-state index in [0.29, 0.717) is 6.17 Å². The lowest BCUT2D eigenvalue weighted by Gasteiger charge is -2.36. The van der Waals surface area contributed by atoms with Crippen LogP contribution in [0, 0.1) is 0 Å². The van der Waals surface area contributed by atoms with E-state index < -0.39 is 0 Å². The van der Waals surface area contributed by atoms with Gasteiger partial charge in [-0.1, -0.05) is 69.2 Å². The Morgan fingerprint density at radius 1 is 1.06 bits per heavy atom. The van der Waals surface area contributed by atoms with Crippen molar-refractivity contribution in [3.05, 3.63) is 83.4 Å². The highest BCUT2D eigenvalue weighted by atomic mass is 16.2. The number of amides is 1. The SMILES string of the molecule is C=CCN1CCN(C(c2ccc(C(=O)NN3CCCC3)cc2)c2cccc(CC)c2)C1CCCC. The Morgan fingerprint density at radius 2 is 1.83 bits per heavy atom. The molecule has 2 heterocycles. The van der Waals surface area contributed by atoms with Gasteiger partial charge in [-0.15, -0.1) is 6.58 Å². The first-order chi connectivity index (χ1) is 17.1. The van der Waals surface area contributed by atoms with Crippen LogP contribution in [0.2, 0.25) is 0 Å². The zero-order valence-corrected chi connectivity index (χ0v) is 21.6. The number of nitrogens with zero attached hydrogens (tertiary/aromatic N) is 3. The maximum Gasteiger partial charge on any atom is 0.265 e. The van der Waals surface area contributed by atoms with Crippen molar-refractivity contribution in [2.24, 2.45) is 0 Å². The summed E-state index contributed by atoms with van der Waals surface area (Å²) in [5.41, 5.74) is 7.73. The fraction of sp³-hybridized carbons (Fsp3) is 0.500. The van der Waals surface area contributed by atoms with E-state index in [4.69, 9.17) is 0 Å². The fourth-order valence-corrected chi connectivity index (χ4v) is 5.58. The molecule has 2 unspecified atom stereocenters. The molecule has 0 spiro atoms. The van der Waals surface area contributed by atoms with E-state index in [1.807, 2.05) is 23.2 Å². The highest BCUT2D eigenvalue weighted by Crippen LogP contribution is 2.36. The first-order valence-electron chi connectivity index (χ1n) is 13.5. The zero-order valence-electron chi connectivity index (χ0n) is 21.6. The van der Waals surface area contributed by atoms with Crippen LogP contribution in [0.5, 0.6) is 0 Å². The van der Waals surface area contributed by atoms with E-state index >= 15 is 0 Å². The lowest BCUT2D eigenvalue weighted by molar-refractivity contribution is 0.0825. The third kappa shape index (κ3) is 6.21. The molecular weight excluding hydrogens is 432 g/mol. The van der Waals surface area contributed by atoms with Crippen LogP contribution in [0.1, 0.15) is 79.0 Å². The molecule has 2 aromatic rings. The molecule has 188 valence electrons. The molecule has 1 N–H and O–H groups in total. The minimum atomic E-state index is -0.0119. The number of hydrogen-bond donors (Lipinski definition) is 1. The molecule has 0 saturated carbocycles. The van der Waals surface area contributed by atoms with Crippen molar-refractivity contribution in [1.82, 2.24) is 20.2 Å². The number of nitrogens with one attached hydrogen (secondary N) is 1. The van der Waals surface area contributed by atoms with E-state index in [9.17, 15) is 4.79 Å². The highest BCUT2D eigenvalue weighted by molar-refractivity contribution is 5.93. The van der Waals surface area contributed by atoms with E-state index in [0.717, 1.165) is 64.0 Å². The average molecular weight is 475 g/mol. The van der Waals surface area contributed by atoms with Crippen molar-refractivity contribution in [1.29, 1.82) is 0 Å². The first-order valence-corrected chi connectivity index (χ1v) is 13.5. The Balaban J connectivity index is 1.64. The van der Waals surface area contributed by atoms with Gasteiger partial charge in [0.15, 0.2) is 0 Å². The third-order valence-corrected chi connectivity index (χ3v) is 7.49. The maximum atomic E-state index is 12.8. The van der Waals surface area contributed by atoms with Gasteiger partial charge in [0.05, 0.1) is 12.2 Å². The molecule has 2 aliphatic heterocycles. The quantitative estimate of drug-likeness (QED) is 0.443. The number of carbonyl (C=O) groups excluding carboxylic acids is 1. The number of rotatable bonds is 11. The third-order valence-electron chi connectivity index (χ3n) is 7.49. The van der Waals surface area contributed by atoms with Crippen LogP contribution in [-0.2, 0) is 6.42 Å². The van der Waals surface area contributed by atoms with Gasteiger partial charge < -0.3 is 0 Å². The lowest BCUT2D eigenvalue weighted by atomic mass is 9.93. The van der Waals surface area contributed by atoms with Gasteiger partial charge in [0, 0.05) is 38.3 Å². The second-order valence-corrected chi connectivity index (χ2v) is 9.90. The summed E-state index contributed by atoms with van der Waals surface area (Å²) in [6.45, 7) is 13.4. The van der Waals surface area contributed by atoms with Crippen molar-refractivity contribution in [3.8, 4) is 0 Å². The van der Waals surface area contributed by atoms with Crippen LogP contribution in [0.15, 0.2) is 61.2 Å². The van der Waals surface area contributed by atoms with Gasteiger partial charge in [0.1, 0.15) is 0 Å². The first kappa shape index (κ1) is 25.6. The van der Waals surface area contributed by atoms with E-state index in [1.54, 1.807) is 0 Å². The summed E-state index contributed by atoms with van der Waals surface area (Å²) >= 11 is 0. The molecule has 5 heteroatoms. The summed E-state index contributed by atoms with van der Waals surface area (Å²) in [5, 5.41) is 2.03. The summed E-state index contributed by atoms with van der Waals surface area (Å²) in [7, 11) is 0. The van der Waals surface area contributed by atoms with E-state index in [1.165, 1.54) is 29.5 Å². The second-order valence-electron chi connectivity index (χ2n) is 9.90. The smallest absolute Gasteiger partial charge is 0.265 e. The molecule has 2 saturated heterocycles. The molecule has 4 rings (SSSR count). The van der Waals surface area contributed by atoms with Gasteiger partial charge in [-0.3, -0.25) is 20.0 Å². The standard InChI is InChI=1S/C30H42N4O/c1-4-7-13-28-32(18-5-2)21-22-34(28)29(27-12-10-11-24(6-3)23-27)25-14-16-26(17-15-25)30(35)31-33-19-8-9-20-33/h5,10-12,14-17,23,28-29H,2,4,6-9,13,18-22H2,1,3H3,(H,31,35). The normalized spacial score (nSPS) is 20.2. The number of hydrogen-bond acceptors (Lipinski definition) is 4. The molecule has 35 heavy (non-hydrogen) atoms. The molecular formula is C30H42N4O. The van der Waals surface area contributed by atoms with Crippen LogP contribution in [0.25, 0.3) is 0 Å². The Kier molecular flexibility index (Phi) is 9.13. The molecule has 0 aromatic heterocycles. The van der Waals surface area contributed by atoms with Crippen molar-refractivity contribution in [2.45, 2.75) is 64.6 Å². The predicted molar refractivity (Wildman–Crippen MR) is 144 cm³/mol. The molecule has 2 aromatic carbocycles. The lowest BCUT2D eigenvalue weighted by Crippen LogP contribution is -2.41. The summed E-state index contributed by atoms with van der Waals surface area (Å²) < 4.78 is 0. The molecule has 0 radical (unpaired) electrons. The van der Waals surface area contributed by atoms with Gasteiger partial charge in [0.25, 0.3) is 5.91 Å². The Bertz CT molecular complexity index is 967. The van der Waals surface area contributed by atoms with Crippen LogP contribution < -0.4 is 5.43 Å². The van der Waals surface area contributed by atoms with Gasteiger partial charge in [-0.05, 0) is 54.5 Å². The minimum absolute atomic E-state index is 0.0119. The zero-order chi connectivity index (χ0) is 24.6. The molecule has 5 nitrogen and oxygen atoms in total. The van der Waals surface area contributed by atoms with Crippen LogP contribution >= 0.6 is 0 Å². The summed E-state index contributed by atoms with van der Waals surface area (Å²) in [6.07, 6.45) is 9.31. The van der Waals surface area contributed by atoms with Gasteiger partial charge in [0.2, 0.25) is 0 Å². The second kappa shape index (κ2) is 12.5. The van der Waals surface area contributed by atoms with Crippen LogP contribution in [-0.4, -0.2) is 59.6 Å². The highest BCUT2D eigenvalue weighted by Gasteiger charge is 2.36. The Morgan fingerprint density at radius 3 is 2.51 bits per heavy atom. The van der Waals surface area contributed by atoms with Crippen LogP contribution in [0.4, 0.5) is 0 Å². The van der Waals surface area contributed by atoms with Crippen molar-refractivity contribution >= 4 is 5.91 Å². The van der Waals surface area contributed by atoms with Gasteiger partial charge >= 0.3 is 0 Å². The number of carbonyl (C=O) groups is 1. The Labute approximate surface area is 211 Å². The Hall–Kier alpha value is -2.47. The summed E-state index contributed by atoms with van der Waals surface area (Å²) in [6, 6.07) is 17.5. The predicted octanol–water partition coefficient (Wildman–Crippen LogP) is 5.40. The summed E-state index contributed by atoms with van der Waals surface area (Å²) in [5.74, 6) is -0.0119. The van der Waals surface area contributed by atoms with Crippen LogP contribution in [0.3, 0.4) is 0 Å². The van der Waals surface area contributed by atoms with Crippen molar-refractivity contribution in [3.63, 3.8) is 0 Å². The molecule has 0 aliphatic carbocycles. The number of aryl methyl sites for hydroxylation is 1.